The van der Waals surface area contributed by atoms with Crippen molar-refractivity contribution >= 4 is 42.2 Å². The van der Waals surface area contributed by atoms with Crippen LogP contribution in [0.2, 0.25) is 0 Å². The minimum atomic E-state index is -0.226. The van der Waals surface area contributed by atoms with Gasteiger partial charge in [-0.2, -0.15) is 0 Å². The maximum absolute atomic E-state index is 9.60. The third-order valence-electron chi connectivity index (χ3n) is 1.59. The van der Waals surface area contributed by atoms with Crippen molar-refractivity contribution in [3.8, 4) is 0 Å². The average molecular weight is 402 g/mol. The number of rotatable bonds is 2. The third-order valence-corrected chi connectivity index (χ3v) is 1.59. The summed E-state index contributed by atoms with van der Waals surface area (Å²) in [5.74, 6) is 0. The molecule has 0 saturated carbocycles. The third kappa shape index (κ3) is 17.1. The van der Waals surface area contributed by atoms with Crippen LogP contribution in [0.25, 0.3) is 0 Å². The van der Waals surface area contributed by atoms with Gasteiger partial charge in [0.2, 0.25) is 0 Å². The molecular formula is C8H12Cl2N4O4Rh-4. The summed E-state index contributed by atoms with van der Waals surface area (Å²) in [6, 6.07) is 0. The van der Waals surface area contributed by atoms with E-state index in [1.54, 1.807) is 0 Å². The first-order chi connectivity index (χ1) is 8.85. The van der Waals surface area contributed by atoms with Gasteiger partial charge in [0.1, 0.15) is 0 Å². The van der Waals surface area contributed by atoms with Crippen molar-refractivity contribution in [2.24, 2.45) is 20.6 Å². The Hall–Kier alpha value is -0.917. The maximum atomic E-state index is 9.60. The fraction of sp³-hybridized carbons (Fsp3) is 0.500. The Morgan fingerprint density at radius 1 is 0.632 bits per heavy atom. The number of nitrogens with zero attached hydrogens (tertiary/aromatic N) is 4. The van der Waals surface area contributed by atoms with Crippen molar-refractivity contribution in [3.05, 3.63) is 20.8 Å². The van der Waals surface area contributed by atoms with Gasteiger partial charge in [0.05, 0.1) is 0 Å². The van der Waals surface area contributed by atoms with E-state index >= 15 is 0 Å². The Morgan fingerprint density at radius 2 is 0.737 bits per heavy atom. The van der Waals surface area contributed by atoms with Crippen molar-refractivity contribution in [1.29, 1.82) is 0 Å². The molecule has 0 heterocycles. The average Bonchev–Trinajstić information content (AvgIpc) is 2.45. The van der Waals surface area contributed by atoms with Crippen LogP contribution in [0.4, 0.5) is 0 Å². The van der Waals surface area contributed by atoms with Crippen LogP contribution in [-0.2, 0) is 15.1 Å². The van der Waals surface area contributed by atoms with Gasteiger partial charge >= 0.3 is 34.5 Å². The monoisotopic (exact) mass is 401 g/mol. The molecule has 0 aliphatic carbocycles. The van der Waals surface area contributed by atoms with E-state index in [2.05, 4.69) is 20.6 Å². The van der Waals surface area contributed by atoms with Crippen molar-refractivity contribution in [2.75, 3.05) is 0 Å². The molecule has 0 N–H and O–H groups in total. The van der Waals surface area contributed by atoms with Gasteiger partial charge in [-0.15, -0.1) is 0 Å². The first kappa shape index (κ1) is 23.2. The molecule has 0 spiro atoms. The van der Waals surface area contributed by atoms with Crippen LogP contribution in [-0.4, -0.2) is 22.8 Å². The first-order valence-corrected chi connectivity index (χ1v) is 8.60. The van der Waals surface area contributed by atoms with Crippen molar-refractivity contribution < 1.29 is 15.1 Å². The molecule has 0 bridgehead atoms. The molecular weight excluding hydrogens is 390 g/mol. The van der Waals surface area contributed by atoms with Gasteiger partial charge in [-0.05, 0) is 27.7 Å². The van der Waals surface area contributed by atoms with Gasteiger partial charge in [0.25, 0.3) is 0 Å². The summed E-state index contributed by atoms with van der Waals surface area (Å²) in [5.41, 5.74) is 0.556. The van der Waals surface area contributed by atoms with Crippen molar-refractivity contribution in [3.63, 3.8) is 0 Å². The van der Waals surface area contributed by atoms with Crippen LogP contribution in [0.5, 0.6) is 0 Å². The standard InChI is InChI=1S/2C4H8N2O2.2ClH.Rh/c2*1-3(5-7)4(2)6-8;;;/h2*7-8H,1-2H3;2*1H;/q;;;;+2/p-6/b2*5-3+,6-4+;;;. The van der Waals surface area contributed by atoms with E-state index in [1.165, 1.54) is 27.7 Å². The molecule has 0 unspecified atom stereocenters. The molecule has 0 aromatic rings. The summed E-state index contributed by atoms with van der Waals surface area (Å²) < 4.78 is 0. The van der Waals surface area contributed by atoms with Gasteiger partial charge in [0, 0.05) is 22.8 Å². The molecule has 0 aromatic carbocycles. The predicted octanol–water partition coefficient (Wildman–Crippen LogP) is 3.18. The Morgan fingerprint density at radius 3 is 0.789 bits per heavy atom. The summed E-state index contributed by atoms with van der Waals surface area (Å²) in [6.45, 7) is 5.74. The van der Waals surface area contributed by atoms with E-state index in [0.29, 0.717) is 0 Å². The van der Waals surface area contributed by atoms with Crippen molar-refractivity contribution in [1.82, 2.24) is 0 Å². The molecule has 0 aliphatic rings. The predicted molar refractivity (Wildman–Crippen MR) is 77.6 cm³/mol. The second-order valence-corrected chi connectivity index (χ2v) is 5.24. The zero-order chi connectivity index (χ0) is 15.8. The van der Waals surface area contributed by atoms with E-state index in [4.69, 9.17) is 19.4 Å². The molecule has 0 radical (unpaired) electrons. The number of hydrogen-bond donors (Lipinski definition) is 0. The minimum absolute atomic E-state index is 0.139. The van der Waals surface area contributed by atoms with Crippen LogP contribution < -0.4 is 0 Å². The van der Waals surface area contributed by atoms with Gasteiger partial charge in [0.15, 0.2) is 0 Å². The van der Waals surface area contributed by atoms with Crippen LogP contribution in [0.3, 0.4) is 0 Å². The molecule has 115 valence electrons. The van der Waals surface area contributed by atoms with E-state index in [-0.39, 0.29) is 38.0 Å². The second-order valence-electron chi connectivity index (χ2n) is 2.75. The molecule has 0 saturated heterocycles. The zero-order valence-corrected chi connectivity index (χ0v) is 13.7. The molecule has 11 heteroatoms. The summed E-state index contributed by atoms with van der Waals surface area (Å²) in [6.07, 6.45) is 0. The zero-order valence-electron chi connectivity index (χ0n) is 10.5. The topological polar surface area (TPSA) is 142 Å². The molecule has 0 aromatic heterocycles. The van der Waals surface area contributed by atoms with E-state index in [9.17, 15) is 20.8 Å². The molecule has 19 heavy (non-hydrogen) atoms. The molecule has 0 amide bonds. The SMILES string of the molecule is CC(=N\[O-])/C(C)=N/[O-].CC(=N\[O-])/C(C)=N/[O-].[Cl][Rh][Cl]. The molecule has 0 rings (SSSR count). The quantitative estimate of drug-likeness (QED) is 0.397. The summed E-state index contributed by atoms with van der Waals surface area (Å²) >= 11 is -0.226. The number of hydrogen-bond acceptors (Lipinski definition) is 8. The van der Waals surface area contributed by atoms with E-state index in [1.807, 2.05) is 0 Å². The molecule has 0 fully saturated rings. The van der Waals surface area contributed by atoms with Crippen LogP contribution in [0, 0.1) is 20.8 Å². The number of halogens is 2. The van der Waals surface area contributed by atoms with Crippen LogP contribution in [0.15, 0.2) is 20.6 Å². The Kier molecular flexibility index (Phi) is 20.9. The molecule has 0 atom stereocenters. The van der Waals surface area contributed by atoms with Crippen LogP contribution in [0.1, 0.15) is 27.7 Å². The van der Waals surface area contributed by atoms with Gasteiger partial charge in [-0.1, -0.05) is 0 Å². The van der Waals surface area contributed by atoms with E-state index < -0.39 is 0 Å². The Labute approximate surface area is 126 Å². The Bertz CT molecular complexity index is 284. The second kappa shape index (κ2) is 17.1. The summed E-state index contributed by atoms with van der Waals surface area (Å²) in [5, 5.41) is 48.4. The van der Waals surface area contributed by atoms with Crippen molar-refractivity contribution in [2.45, 2.75) is 27.7 Å². The summed E-state index contributed by atoms with van der Waals surface area (Å²) in [7, 11) is 9.67. The van der Waals surface area contributed by atoms with Crippen LogP contribution >= 0.6 is 19.4 Å². The Balaban J connectivity index is -0.000000224. The van der Waals surface area contributed by atoms with Gasteiger partial charge in [-0.3, -0.25) is 0 Å². The molecule has 0 aliphatic heterocycles. The fourth-order valence-corrected chi connectivity index (χ4v) is 0.264. The van der Waals surface area contributed by atoms with Gasteiger partial charge in [-0.25, -0.2) is 0 Å². The van der Waals surface area contributed by atoms with E-state index in [0.717, 1.165) is 0 Å². The normalized spacial score (nSPS) is 13.2. The fourth-order valence-electron chi connectivity index (χ4n) is 0.264. The molecule has 8 nitrogen and oxygen atoms in total. The summed E-state index contributed by atoms with van der Waals surface area (Å²) in [4.78, 5) is 0. The van der Waals surface area contributed by atoms with Gasteiger partial charge < -0.3 is 41.5 Å². The first-order valence-electron chi connectivity index (χ1n) is 4.38.